The van der Waals surface area contributed by atoms with Crippen molar-refractivity contribution in [1.29, 1.82) is 0 Å². The molecule has 0 aliphatic heterocycles. The van der Waals surface area contributed by atoms with E-state index in [-0.39, 0.29) is 24.1 Å². The molecule has 2 unspecified atom stereocenters. The summed E-state index contributed by atoms with van der Waals surface area (Å²) in [7, 11) is 0. The maximum atomic E-state index is 12.8. The molecule has 0 radical (unpaired) electrons. The zero-order valence-corrected chi connectivity index (χ0v) is 15.6. The number of rotatable bonds is 5. The van der Waals surface area contributed by atoms with E-state index >= 15 is 0 Å². The van der Waals surface area contributed by atoms with E-state index in [0.29, 0.717) is 42.8 Å². The normalized spacial score (nSPS) is 26.8. The Balaban J connectivity index is 1.90. The maximum Gasteiger partial charge on any atom is 0.330 e. The first-order valence-electron chi connectivity index (χ1n) is 8.98. The van der Waals surface area contributed by atoms with Crippen LogP contribution in [0, 0.1) is 12.3 Å². The number of nitrogens with one attached hydrogen (secondary N) is 1. The van der Waals surface area contributed by atoms with Crippen molar-refractivity contribution in [2.75, 3.05) is 6.61 Å². The maximum absolute atomic E-state index is 12.8. The number of fused-ring (bicyclic) bond motifs is 1. The van der Waals surface area contributed by atoms with Crippen LogP contribution in [0.25, 0.3) is 0 Å². The highest BCUT2D eigenvalue weighted by molar-refractivity contribution is 6.04. The van der Waals surface area contributed by atoms with E-state index in [9.17, 15) is 19.5 Å². The van der Waals surface area contributed by atoms with E-state index < -0.39 is 22.8 Å². The van der Waals surface area contributed by atoms with Crippen LogP contribution in [0.15, 0.2) is 4.42 Å². The van der Waals surface area contributed by atoms with Gasteiger partial charge in [-0.25, -0.2) is 4.79 Å². The topological polar surface area (TPSA) is 106 Å². The van der Waals surface area contributed by atoms with Crippen LogP contribution >= 0.6 is 0 Å². The number of carboxylic acid groups (broad SMARTS) is 1. The molecule has 0 saturated heterocycles. The highest BCUT2D eigenvalue weighted by Crippen LogP contribution is 2.51. The van der Waals surface area contributed by atoms with Gasteiger partial charge >= 0.3 is 5.97 Å². The minimum atomic E-state index is -1.44. The Morgan fingerprint density at radius 2 is 2.04 bits per heavy atom. The van der Waals surface area contributed by atoms with Crippen molar-refractivity contribution in [2.24, 2.45) is 5.41 Å². The van der Waals surface area contributed by atoms with Crippen LogP contribution in [-0.4, -0.2) is 41.0 Å². The predicted molar refractivity (Wildman–Crippen MR) is 92.4 cm³/mol. The van der Waals surface area contributed by atoms with Crippen LogP contribution in [0.4, 0.5) is 0 Å². The molecule has 7 nitrogen and oxygen atoms in total. The number of carbonyl (C=O) groups is 3. The molecular formula is C19H25NO6. The van der Waals surface area contributed by atoms with Crippen LogP contribution in [0.2, 0.25) is 0 Å². The number of hydrogen-bond acceptors (Lipinski definition) is 5. The van der Waals surface area contributed by atoms with Crippen LogP contribution in [0.1, 0.15) is 72.3 Å². The minimum Gasteiger partial charge on any atom is -0.479 e. The molecule has 2 N–H and O–H groups in total. The smallest absolute Gasteiger partial charge is 0.330 e. The van der Waals surface area contributed by atoms with E-state index in [1.807, 2.05) is 6.92 Å². The number of ketones is 1. The highest BCUT2D eigenvalue weighted by atomic mass is 16.5. The molecule has 1 amide bonds. The van der Waals surface area contributed by atoms with Gasteiger partial charge in [-0.05, 0) is 20.3 Å². The Bertz CT molecular complexity index is 777. The fraction of sp³-hybridized carbons (Fsp3) is 0.632. The second-order valence-electron chi connectivity index (χ2n) is 7.67. The number of Topliss-reactive ketones (excluding diaryl/α,β-unsaturated/α-hetero) is 1. The fourth-order valence-electron chi connectivity index (χ4n) is 4.15. The standard InChI is InChI=1S/C19H25NO6/c1-5-25-13-9-19(17(23)24,18(13,3)4)20-16(22)15-10(2)14-11(21)7-6-8-12(14)26-15/h13H,5-9H2,1-4H3,(H,20,22)(H,23,24). The lowest BCUT2D eigenvalue weighted by Crippen LogP contribution is -2.76. The first-order chi connectivity index (χ1) is 12.2. The van der Waals surface area contributed by atoms with Crippen molar-refractivity contribution in [1.82, 2.24) is 5.32 Å². The summed E-state index contributed by atoms with van der Waals surface area (Å²) in [5.74, 6) is -1.18. The summed E-state index contributed by atoms with van der Waals surface area (Å²) in [5.41, 5.74) is -1.25. The average Bonchev–Trinajstić information content (AvgIpc) is 2.91. The van der Waals surface area contributed by atoms with Gasteiger partial charge in [0, 0.05) is 36.8 Å². The molecule has 2 aliphatic carbocycles. The van der Waals surface area contributed by atoms with E-state index in [2.05, 4.69) is 5.32 Å². The summed E-state index contributed by atoms with van der Waals surface area (Å²) in [6.07, 6.45) is 1.68. The highest BCUT2D eigenvalue weighted by Gasteiger charge is 2.66. The Kier molecular flexibility index (Phi) is 4.46. The summed E-state index contributed by atoms with van der Waals surface area (Å²) in [6.45, 7) is 7.54. The van der Waals surface area contributed by atoms with Gasteiger partial charge in [0.05, 0.1) is 11.7 Å². The number of aryl methyl sites for hydroxylation is 1. The van der Waals surface area contributed by atoms with E-state index in [1.54, 1.807) is 20.8 Å². The van der Waals surface area contributed by atoms with Crippen molar-refractivity contribution in [3.8, 4) is 0 Å². The fourth-order valence-corrected chi connectivity index (χ4v) is 4.15. The Labute approximate surface area is 152 Å². The van der Waals surface area contributed by atoms with Crippen molar-refractivity contribution >= 4 is 17.7 Å². The SMILES string of the molecule is CCOC1CC(NC(=O)c2oc3c(c2C)C(=O)CCC3)(C(=O)O)C1(C)C. The second kappa shape index (κ2) is 6.23. The summed E-state index contributed by atoms with van der Waals surface area (Å²) in [5, 5.41) is 12.5. The first kappa shape index (κ1) is 18.6. The van der Waals surface area contributed by atoms with Crippen molar-refractivity contribution < 1.29 is 28.6 Å². The molecule has 3 rings (SSSR count). The molecule has 26 heavy (non-hydrogen) atoms. The van der Waals surface area contributed by atoms with Crippen molar-refractivity contribution in [3.05, 3.63) is 22.6 Å². The lowest BCUT2D eigenvalue weighted by atomic mass is 9.54. The molecule has 1 aromatic heterocycles. The van der Waals surface area contributed by atoms with E-state index in [1.165, 1.54) is 0 Å². The monoisotopic (exact) mass is 363 g/mol. The zero-order chi connectivity index (χ0) is 19.3. The van der Waals surface area contributed by atoms with Crippen LogP contribution in [-0.2, 0) is 16.0 Å². The number of ether oxygens (including phenoxy) is 1. The lowest BCUT2D eigenvalue weighted by molar-refractivity contribution is -0.190. The summed E-state index contributed by atoms with van der Waals surface area (Å²) in [4.78, 5) is 37.0. The molecule has 1 fully saturated rings. The van der Waals surface area contributed by atoms with Gasteiger partial charge in [0.15, 0.2) is 11.5 Å². The molecule has 2 aliphatic rings. The van der Waals surface area contributed by atoms with Crippen molar-refractivity contribution in [3.63, 3.8) is 0 Å². The third kappa shape index (κ3) is 2.48. The Morgan fingerprint density at radius 1 is 1.35 bits per heavy atom. The molecule has 0 spiro atoms. The summed E-state index contributed by atoms with van der Waals surface area (Å²) < 4.78 is 11.3. The van der Waals surface area contributed by atoms with Gasteiger partial charge in [-0.2, -0.15) is 0 Å². The van der Waals surface area contributed by atoms with Crippen LogP contribution in [0.3, 0.4) is 0 Å². The molecule has 0 bridgehead atoms. The molecule has 142 valence electrons. The summed E-state index contributed by atoms with van der Waals surface area (Å²) >= 11 is 0. The lowest BCUT2D eigenvalue weighted by Gasteiger charge is -2.58. The third-order valence-corrected chi connectivity index (χ3v) is 5.97. The van der Waals surface area contributed by atoms with E-state index in [4.69, 9.17) is 9.15 Å². The van der Waals surface area contributed by atoms with Crippen molar-refractivity contribution in [2.45, 2.75) is 65.0 Å². The van der Waals surface area contributed by atoms with Gasteiger partial charge in [0.25, 0.3) is 5.91 Å². The molecule has 7 heteroatoms. The quantitative estimate of drug-likeness (QED) is 0.832. The molecule has 0 aromatic carbocycles. The van der Waals surface area contributed by atoms with Gasteiger partial charge < -0.3 is 19.6 Å². The molecule has 2 atom stereocenters. The first-order valence-corrected chi connectivity index (χ1v) is 8.98. The van der Waals surface area contributed by atoms with E-state index in [0.717, 1.165) is 0 Å². The second-order valence-corrected chi connectivity index (χ2v) is 7.67. The Hall–Kier alpha value is -2.15. The molecular weight excluding hydrogens is 338 g/mol. The number of amides is 1. The molecule has 1 heterocycles. The van der Waals surface area contributed by atoms with Gasteiger partial charge in [-0.3, -0.25) is 9.59 Å². The number of furan rings is 1. The third-order valence-electron chi connectivity index (χ3n) is 5.97. The molecule has 1 saturated carbocycles. The van der Waals surface area contributed by atoms with Gasteiger partial charge in [-0.15, -0.1) is 0 Å². The number of hydrogen-bond donors (Lipinski definition) is 2. The minimum absolute atomic E-state index is 0.0279. The number of carboxylic acids is 1. The molecule has 1 aromatic rings. The van der Waals surface area contributed by atoms with Crippen LogP contribution < -0.4 is 5.32 Å². The summed E-state index contributed by atoms with van der Waals surface area (Å²) in [6, 6.07) is 0. The predicted octanol–water partition coefficient (Wildman–Crippen LogP) is 2.50. The van der Waals surface area contributed by atoms with Gasteiger partial charge in [-0.1, -0.05) is 13.8 Å². The largest absolute Gasteiger partial charge is 0.479 e. The Morgan fingerprint density at radius 3 is 2.58 bits per heavy atom. The number of carbonyl (C=O) groups excluding carboxylic acids is 2. The van der Waals surface area contributed by atoms with Gasteiger partial charge in [0.2, 0.25) is 0 Å². The average molecular weight is 363 g/mol. The zero-order valence-electron chi connectivity index (χ0n) is 15.6. The van der Waals surface area contributed by atoms with Crippen LogP contribution in [0.5, 0.6) is 0 Å². The number of aliphatic carboxylic acids is 1. The van der Waals surface area contributed by atoms with Gasteiger partial charge in [0.1, 0.15) is 11.3 Å².